The molecule has 2 aliphatic carbocycles. The number of nitrogens with zero attached hydrogens (tertiary/aromatic N) is 2. The van der Waals surface area contributed by atoms with Crippen molar-refractivity contribution in [2.75, 3.05) is 0 Å². The van der Waals surface area contributed by atoms with E-state index in [1.807, 2.05) is 72.9 Å². The van der Waals surface area contributed by atoms with E-state index in [4.69, 9.17) is 11.5 Å². The van der Waals surface area contributed by atoms with Crippen molar-refractivity contribution < 1.29 is 0 Å². The molecule has 0 saturated carbocycles. The van der Waals surface area contributed by atoms with E-state index in [1.54, 1.807) is 34.0 Å². The Morgan fingerprint density at radius 1 is 0.679 bits per heavy atom. The molecule has 2 aromatic heterocycles. The lowest BCUT2D eigenvalue weighted by atomic mass is 9.88. The van der Waals surface area contributed by atoms with Crippen LogP contribution in [0.2, 0.25) is 0 Å². The van der Waals surface area contributed by atoms with Gasteiger partial charge in [-0.05, 0) is 24.3 Å². The Balaban J connectivity index is 1.56. The highest BCUT2D eigenvalue weighted by molar-refractivity contribution is 8.77. The van der Waals surface area contributed by atoms with Crippen molar-refractivity contribution in [1.29, 1.82) is 0 Å². The molecule has 4 atom stereocenters. The van der Waals surface area contributed by atoms with Gasteiger partial charge < -0.3 is 11.5 Å². The van der Waals surface area contributed by atoms with E-state index >= 15 is 0 Å². The Morgan fingerprint density at radius 3 is 1.54 bits per heavy atom. The second-order valence-electron chi connectivity index (χ2n) is 6.82. The van der Waals surface area contributed by atoms with E-state index in [0.717, 1.165) is 11.4 Å². The van der Waals surface area contributed by atoms with E-state index in [9.17, 15) is 0 Å². The summed E-state index contributed by atoms with van der Waals surface area (Å²) in [4.78, 5) is 9.01. The summed E-state index contributed by atoms with van der Waals surface area (Å²) >= 11 is 0. The molecule has 4 unspecified atom stereocenters. The molecule has 0 fully saturated rings. The molecule has 0 spiro atoms. The van der Waals surface area contributed by atoms with Crippen LogP contribution in [-0.4, -0.2) is 20.5 Å². The van der Waals surface area contributed by atoms with Crippen LogP contribution in [0, 0.1) is 0 Å². The first kappa shape index (κ1) is 19.2. The molecule has 4 nitrogen and oxygen atoms in total. The van der Waals surface area contributed by atoms with Gasteiger partial charge in [-0.1, -0.05) is 82.3 Å². The number of pyridine rings is 2. The minimum atomic E-state index is -0.663. The van der Waals surface area contributed by atoms with E-state index in [2.05, 4.69) is 22.1 Å². The summed E-state index contributed by atoms with van der Waals surface area (Å²) in [5.74, 6) is 0. The Labute approximate surface area is 173 Å². The fraction of sp³-hybridized carbons (Fsp3) is 0.182. The second-order valence-corrected chi connectivity index (χ2v) is 9.37. The van der Waals surface area contributed by atoms with Gasteiger partial charge in [0, 0.05) is 12.4 Å². The van der Waals surface area contributed by atoms with Gasteiger partial charge in [0.15, 0.2) is 0 Å². The molecule has 0 saturated heterocycles. The Hall–Kier alpha value is -2.12. The standard InChI is InChI=1S/C22H22N4S2/c23-21(17-9-3-7-15-25-17)13-5-1-11-19(21)27-28-20-12-2-6-14-22(20,24)18-10-4-8-16-26-18/h1-16,19-20H,23-24H2. The first-order chi connectivity index (χ1) is 13.6. The Kier molecular flexibility index (Phi) is 5.55. The lowest BCUT2D eigenvalue weighted by molar-refractivity contribution is 0.557. The molecule has 0 bridgehead atoms. The van der Waals surface area contributed by atoms with Crippen molar-refractivity contribution in [2.45, 2.75) is 21.6 Å². The van der Waals surface area contributed by atoms with Crippen molar-refractivity contribution in [3.05, 3.63) is 109 Å². The van der Waals surface area contributed by atoms with Crippen LogP contribution < -0.4 is 11.5 Å². The summed E-state index contributed by atoms with van der Waals surface area (Å²) in [6.07, 6.45) is 19.9. The Bertz CT molecular complexity index is 849. The van der Waals surface area contributed by atoms with Gasteiger partial charge in [-0.25, -0.2) is 0 Å². The molecule has 0 aliphatic heterocycles. The molecule has 0 amide bonds. The van der Waals surface area contributed by atoms with Crippen LogP contribution in [-0.2, 0) is 11.1 Å². The maximum Gasteiger partial charge on any atom is 0.0936 e. The maximum absolute atomic E-state index is 6.81. The Morgan fingerprint density at radius 2 is 1.14 bits per heavy atom. The van der Waals surface area contributed by atoms with Crippen LogP contribution in [0.1, 0.15) is 11.4 Å². The molecule has 6 heteroatoms. The highest BCUT2D eigenvalue weighted by atomic mass is 33.1. The number of hydrogen-bond donors (Lipinski definition) is 2. The van der Waals surface area contributed by atoms with Crippen LogP contribution in [0.5, 0.6) is 0 Å². The zero-order valence-corrected chi connectivity index (χ0v) is 16.9. The largest absolute Gasteiger partial charge is 0.316 e. The molecule has 0 radical (unpaired) electrons. The van der Waals surface area contributed by atoms with Gasteiger partial charge in [-0.2, -0.15) is 0 Å². The molecule has 0 aromatic carbocycles. The fourth-order valence-electron chi connectivity index (χ4n) is 3.31. The van der Waals surface area contributed by atoms with E-state index < -0.39 is 11.1 Å². The van der Waals surface area contributed by atoms with Gasteiger partial charge in [-0.15, -0.1) is 0 Å². The minimum Gasteiger partial charge on any atom is -0.316 e. The first-order valence-corrected chi connectivity index (χ1v) is 11.4. The van der Waals surface area contributed by atoms with Gasteiger partial charge >= 0.3 is 0 Å². The van der Waals surface area contributed by atoms with Gasteiger partial charge in [-0.3, -0.25) is 9.97 Å². The van der Waals surface area contributed by atoms with E-state index in [1.165, 1.54) is 0 Å². The lowest BCUT2D eigenvalue weighted by Crippen LogP contribution is -2.47. The quantitative estimate of drug-likeness (QED) is 0.734. The predicted octanol–water partition coefficient (Wildman–Crippen LogP) is 3.86. The third-order valence-electron chi connectivity index (χ3n) is 4.96. The fourth-order valence-corrected chi connectivity index (χ4v) is 6.64. The first-order valence-electron chi connectivity index (χ1n) is 9.08. The second kappa shape index (κ2) is 8.09. The van der Waals surface area contributed by atoms with Crippen LogP contribution >= 0.6 is 21.6 Å². The maximum atomic E-state index is 6.81. The normalized spacial score (nSPS) is 31.2. The third-order valence-corrected chi connectivity index (χ3v) is 8.16. The van der Waals surface area contributed by atoms with Crippen molar-refractivity contribution in [3.63, 3.8) is 0 Å². The molecule has 2 heterocycles. The predicted molar refractivity (Wildman–Crippen MR) is 120 cm³/mol. The molecule has 142 valence electrons. The number of hydrogen-bond acceptors (Lipinski definition) is 6. The van der Waals surface area contributed by atoms with Crippen LogP contribution in [0.25, 0.3) is 0 Å². The highest BCUT2D eigenvalue weighted by Crippen LogP contribution is 2.46. The van der Waals surface area contributed by atoms with Crippen LogP contribution in [0.4, 0.5) is 0 Å². The minimum absolute atomic E-state index is 0.0321. The van der Waals surface area contributed by atoms with Crippen molar-refractivity contribution in [1.82, 2.24) is 9.97 Å². The van der Waals surface area contributed by atoms with Crippen molar-refractivity contribution in [2.24, 2.45) is 11.5 Å². The topological polar surface area (TPSA) is 77.8 Å². The number of rotatable bonds is 5. The molecule has 4 N–H and O–H groups in total. The van der Waals surface area contributed by atoms with E-state index in [0.29, 0.717) is 0 Å². The highest BCUT2D eigenvalue weighted by Gasteiger charge is 2.40. The average molecular weight is 407 g/mol. The average Bonchev–Trinajstić information content (AvgIpc) is 2.75. The molecular weight excluding hydrogens is 384 g/mol. The molecular formula is C22H22N4S2. The van der Waals surface area contributed by atoms with Crippen LogP contribution in [0.15, 0.2) is 97.4 Å². The molecule has 2 aliphatic rings. The monoisotopic (exact) mass is 406 g/mol. The van der Waals surface area contributed by atoms with Crippen molar-refractivity contribution in [3.8, 4) is 0 Å². The summed E-state index contributed by atoms with van der Waals surface area (Å²) in [5.41, 5.74) is 14.0. The van der Waals surface area contributed by atoms with Crippen molar-refractivity contribution >= 4 is 21.6 Å². The summed E-state index contributed by atoms with van der Waals surface area (Å²) in [5, 5.41) is 0.0642. The third kappa shape index (κ3) is 3.61. The smallest absolute Gasteiger partial charge is 0.0936 e. The SMILES string of the molecule is NC1(c2ccccn2)C=CC=CC1SSC1C=CC=CC1(N)c1ccccn1. The summed E-state index contributed by atoms with van der Waals surface area (Å²) in [7, 11) is 3.45. The van der Waals surface area contributed by atoms with E-state index in [-0.39, 0.29) is 10.5 Å². The number of allylic oxidation sites excluding steroid dienone is 4. The van der Waals surface area contributed by atoms with Crippen LogP contribution in [0.3, 0.4) is 0 Å². The summed E-state index contributed by atoms with van der Waals surface area (Å²) in [6.45, 7) is 0. The number of nitrogens with two attached hydrogens (primary N) is 2. The van der Waals surface area contributed by atoms with Gasteiger partial charge in [0.1, 0.15) is 0 Å². The lowest BCUT2D eigenvalue weighted by Gasteiger charge is -2.37. The van der Waals surface area contributed by atoms with Gasteiger partial charge in [0.2, 0.25) is 0 Å². The summed E-state index contributed by atoms with van der Waals surface area (Å²) < 4.78 is 0. The summed E-state index contributed by atoms with van der Waals surface area (Å²) in [6, 6.07) is 11.7. The molecule has 2 aromatic rings. The van der Waals surface area contributed by atoms with Gasteiger partial charge in [0.25, 0.3) is 0 Å². The zero-order chi connectivity index (χ0) is 19.5. The number of aromatic nitrogens is 2. The molecule has 4 rings (SSSR count). The molecule has 28 heavy (non-hydrogen) atoms. The zero-order valence-electron chi connectivity index (χ0n) is 15.3. The van der Waals surface area contributed by atoms with Gasteiger partial charge in [0.05, 0.1) is 33.0 Å².